The van der Waals surface area contributed by atoms with Crippen LogP contribution in [-0.4, -0.2) is 20.7 Å². The van der Waals surface area contributed by atoms with Crippen molar-refractivity contribution in [2.75, 3.05) is 0 Å². The third-order valence-electron chi connectivity index (χ3n) is 4.61. The molecule has 0 radical (unpaired) electrons. The first-order chi connectivity index (χ1) is 14.1. The molecular weight excluding hydrogens is 390 g/mol. The van der Waals surface area contributed by atoms with Crippen LogP contribution in [0, 0.1) is 0 Å². The van der Waals surface area contributed by atoms with E-state index in [2.05, 4.69) is 4.98 Å². The normalized spacial score (nSPS) is 10.8. The molecule has 1 amide bonds. The largest absolute Gasteiger partial charge is 0.300 e. The van der Waals surface area contributed by atoms with Crippen molar-refractivity contribution in [1.29, 1.82) is 0 Å². The summed E-state index contributed by atoms with van der Waals surface area (Å²) in [5, 5.41) is 9.26. The van der Waals surface area contributed by atoms with E-state index in [-0.39, 0.29) is 12.1 Å². The first-order valence-corrected chi connectivity index (χ1v) is 9.23. The molecule has 2 N–H and O–H groups in total. The van der Waals surface area contributed by atoms with E-state index in [4.69, 9.17) is 16.8 Å². The molecule has 6 nitrogen and oxygen atoms in total. The van der Waals surface area contributed by atoms with Gasteiger partial charge in [0.1, 0.15) is 5.69 Å². The highest BCUT2D eigenvalue weighted by Gasteiger charge is 2.14. The highest BCUT2D eigenvalue weighted by atomic mass is 35.5. The number of amides is 1. The predicted octanol–water partition coefficient (Wildman–Crippen LogP) is 3.88. The lowest BCUT2D eigenvalue weighted by Gasteiger charge is -2.13. The summed E-state index contributed by atoms with van der Waals surface area (Å²) in [5.74, 6) is -0.596. The molecule has 4 aromatic rings. The fourth-order valence-electron chi connectivity index (χ4n) is 3.16. The van der Waals surface area contributed by atoms with Gasteiger partial charge in [0.15, 0.2) is 0 Å². The molecule has 7 heteroatoms. The molecule has 0 aliphatic heterocycles. The molecule has 1 aromatic heterocycles. The summed E-state index contributed by atoms with van der Waals surface area (Å²) < 4.78 is 1.62. The maximum Gasteiger partial charge on any atom is 0.277 e. The van der Waals surface area contributed by atoms with Crippen molar-refractivity contribution in [3.05, 3.63) is 99.3 Å². The van der Waals surface area contributed by atoms with Gasteiger partial charge in [0.25, 0.3) is 11.5 Å². The lowest BCUT2D eigenvalue weighted by Crippen LogP contribution is -2.24. The summed E-state index contributed by atoms with van der Waals surface area (Å²) in [6.45, 7) is 0.277. The second-order valence-electron chi connectivity index (χ2n) is 6.49. The quantitative estimate of drug-likeness (QED) is 0.398. The van der Waals surface area contributed by atoms with Gasteiger partial charge in [0, 0.05) is 16.1 Å². The van der Waals surface area contributed by atoms with Crippen LogP contribution in [0.4, 0.5) is 0 Å². The monoisotopic (exact) mass is 405 g/mol. The van der Waals surface area contributed by atoms with Crippen molar-refractivity contribution < 1.29 is 10.0 Å². The molecule has 144 valence electrons. The van der Waals surface area contributed by atoms with Crippen molar-refractivity contribution in [3.8, 4) is 11.3 Å². The van der Waals surface area contributed by atoms with Crippen LogP contribution in [-0.2, 0) is 6.54 Å². The smallest absolute Gasteiger partial charge is 0.277 e. The van der Waals surface area contributed by atoms with Gasteiger partial charge in [-0.1, -0.05) is 54.1 Å². The number of rotatable bonds is 4. The van der Waals surface area contributed by atoms with Gasteiger partial charge in [-0.05, 0) is 35.9 Å². The molecule has 0 atom stereocenters. The number of hydrogen-bond donors (Lipinski definition) is 2. The molecule has 29 heavy (non-hydrogen) atoms. The van der Waals surface area contributed by atoms with E-state index in [1.165, 1.54) is 0 Å². The standard InChI is InChI=1S/C22H16ClN3O3/c23-17-10-11-18-19(12-17)26(13-14-6-8-16(9-7-14)21(27)25-29)22(28)20(24-18)15-4-2-1-3-5-15/h1-12,29H,13H2,(H,25,27). The van der Waals surface area contributed by atoms with E-state index in [0.717, 1.165) is 11.1 Å². The SMILES string of the molecule is O=C(NO)c1ccc(Cn2c(=O)c(-c3ccccc3)nc3ccc(Cl)cc32)cc1. The fraction of sp³-hybridized carbons (Fsp3) is 0.0455. The van der Waals surface area contributed by atoms with Gasteiger partial charge in [0.2, 0.25) is 0 Å². The Morgan fingerprint density at radius 2 is 1.76 bits per heavy atom. The average molecular weight is 406 g/mol. The summed E-state index contributed by atoms with van der Waals surface area (Å²) in [6, 6.07) is 21.2. The number of halogens is 1. The van der Waals surface area contributed by atoms with Crippen LogP contribution in [0.1, 0.15) is 15.9 Å². The van der Waals surface area contributed by atoms with E-state index < -0.39 is 5.91 Å². The Bertz CT molecular complexity index is 1250. The molecule has 0 unspecified atom stereocenters. The van der Waals surface area contributed by atoms with Crippen LogP contribution < -0.4 is 11.0 Å². The molecule has 0 fully saturated rings. The van der Waals surface area contributed by atoms with Crippen LogP contribution in [0.15, 0.2) is 77.6 Å². The van der Waals surface area contributed by atoms with Crippen molar-refractivity contribution in [2.45, 2.75) is 6.54 Å². The number of aromatic nitrogens is 2. The van der Waals surface area contributed by atoms with Gasteiger partial charge in [-0.2, -0.15) is 0 Å². The summed E-state index contributed by atoms with van der Waals surface area (Å²) in [7, 11) is 0. The number of hydrogen-bond acceptors (Lipinski definition) is 4. The number of carbonyl (C=O) groups excluding carboxylic acids is 1. The Labute approximate surface area is 171 Å². The topological polar surface area (TPSA) is 84.2 Å². The van der Waals surface area contributed by atoms with Crippen LogP contribution in [0.2, 0.25) is 5.02 Å². The van der Waals surface area contributed by atoms with Gasteiger partial charge in [-0.25, -0.2) is 10.5 Å². The van der Waals surface area contributed by atoms with E-state index in [9.17, 15) is 9.59 Å². The molecular formula is C22H16ClN3O3. The van der Waals surface area contributed by atoms with Gasteiger partial charge in [0.05, 0.1) is 17.6 Å². The minimum absolute atomic E-state index is 0.233. The number of nitrogens with zero attached hydrogens (tertiary/aromatic N) is 2. The Morgan fingerprint density at radius 3 is 2.45 bits per heavy atom. The zero-order chi connectivity index (χ0) is 20.4. The highest BCUT2D eigenvalue weighted by molar-refractivity contribution is 6.31. The van der Waals surface area contributed by atoms with Gasteiger partial charge in [-0.15, -0.1) is 0 Å². The molecule has 0 saturated heterocycles. The third kappa shape index (κ3) is 3.76. The molecule has 0 spiro atoms. The van der Waals surface area contributed by atoms with Crippen molar-refractivity contribution in [2.24, 2.45) is 0 Å². The Morgan fingerprint density at radius 1 is 1.03 bits per heavy atom. The van der Waals surface area contributed by atoms with Crippen molar-refractivity contribution >= 4 is 28.5 Å². The minimum atomic E-state index is -0.596. The van der Waals surface area contributed by atoms with E-state index in [1.807, 2.05) is 30.3 Å². The van der Waals surface area contributed by atoms with Gasteiger partial charge in [-0.3, -0.25) is 14.8 Å². The van der Waals surface area contributed by atoms with Crippen LogP contribution >= 0.6 is 11.6 Å². The Kier molecular flexibility index (Phi) is 5.12. The number of fused-ring (bicyclic) bond motifs is 1. The molecule has 0 bridgehead atoms. The van der Waals surface area contributed by atoms with E-state index in [1.54, 1.807) is 52.5 Å². The number of hydroxylamine groups is 1. The second-order valence-corrected chi connectivity index (χ2v) is 6.93. The van der Waals surface area contributed by atoms with E-state index >= 15 is 0 Å². The van der Waals surface area contributed by atoms with Gasteiger partial charge < -0.3 is 4.57 Å². The second kappa shape index (κ2) is 7.87. The first kappa shape index (κ1) is 18.9. The summed E-state index contributed by atoms with van der Waals surface area (Å²) >= 11 is 6.16. The summed E-state index contributed by atoms with van der Waals surface area (Å²) in [4.78, 5) is 29.4. The summed E-state index contributed by atoms with van der Waals surface area (Å²) in [5.41, 5.74) is 4.87. The molecule has 0 aliphatic rings. The molecule has 4 rings (SSSR count). The maximum atomic E-state index is 13.3. The maximum absolute atomic E-state index is 13.3. The molecule has 0 aliphatic carbocycles. The van der Waals surface area contributed by atoms with E-state index in [0.29, 0.717) is 27.3 Å². The zero-order valence-corrected chi connectivity index (χ0v) is 15.9. The number of carbonyl (C=O) groups is 1. The average Bonchev–Trinajstić information content (AvgIpc) is 2.76. The van der Waals surface area contributed by atoms with Crippen molar-refractivity contribution in [1.82, 2.24) is 15.0 Å². The highest BCUT2D eigenvalue weighted by Crippen LogP contribution is 2.21. The predicted molar refractivity (Wildman–Crippen MR) is 111 cm³/mol. The van der Waals surface area contributed by atoms with Crippen LogP contribution in [0.25, 0.3) is 22.3 Å². The van der Waals surface area contributed by atoms with Crippen molar-refractivity contribution in [3.63, 3.8) is 0 Å². The molecule has 3 aromatic carbocycles. The number of nitrogens with one attached hydrogen (secondary N) is 1. The lowest BCUT2D eigenvalue weighted by molar-refractivity contribution is 0.0706. The first-order valence-electron chi connectivity index (χ1n) is 8.86. The number of benzene rings is 3. The zero-order valence-electron chi connectivity index (χ0n) is 15.2. The Balaban J connectivity index is 1.86. The molecule has 0 saturated carbocycles. The Hall–Kier alpha value is -3.48. The minimum Gasteiger partial charge on any atom is -0.300 e. The fourth-order valence-corrected chi connectivity index (χ4v) is 3.33. The summed E-state index contributed by atoms with van der Waals surface area (Å²) in [6.07, 6.45) is 0. The van der Waals surface area contributed by atoms with Gasteiger partial charge >= 0.3 is 0 Å². The van der Waals surface area contributed by atoms with Crippen LogP contribution in [0.3, 0.4) is 0 Å². The molecule has 1 heterocycles. The third-order valence-corrected chi connectivity index (χ3v) is 4.85. The lowest BCUT2D eigenvalue weighted by atomic mass is 10.1. The van der Waals surface area contributed by atoms with Crippen LogP contribution in [0.5, 0.6) is 0 Å².